The van der Waals surface area contributed by atoms with Crippen LogP contribution in [-0.4, -0.2) is 32.4 Å². The molecule has 0 spiro atoms. The number of hydrogen-bond donors (Lipinski definition) is 6. The summed E-state index contributed by atoms with van der Waals surface area (Å²) in [5, 5.41) is 41.4. The molecule has 0 aliphatic carbocycles. The van der Waals surface area contributed by atoms with Gasteiger partial charge in [0.1, 0.15) is 0 Å². The Morgan fingerprint density at radius 1 is 0.864 bits per heavy atom. The van der Waals surface area contributed by atoms with E-state index >= 15 is 0 Å². The number of carboxylic acids is 1. The molecular weight excluding hydrogens is 292 g/mol. The Hall–Kier alpha value is -3.42. The van der Waals surface area contributed by atoms with Gasteiger partial charge >= 0.3 is 12.0 Å². The van der Waals surface area contributed by atoms with Gasteiger partial charge in [0.2, 0.25) is 0 Å². The van der Waals surface area contributed by atoms with Crippen molar-refractivity contribution >= 4 is 23.4 Å². The number of carbonyl (C=O) groups excluding carboxylic acids is 1. The topological polar surface area (TPSA) is 139 Å². The number of rotatable bonds is 3. The van der Waals surface area contributed by atoms with E-state index in [1.807, 2.05) is 0 Å². The standard InChI is InChI=1S/C14H12N2O6/c17-10-5-9(6-11(18)12(10)19)16-14(22)15-8-3-1-2-7(4-8)13(20)21/h1-6,17-19H,(H,20,21)(H2,15,16,22). The van der Waals surface area contributed by atoms with Crippen LogP contribution < -0.4 is 10.6 Å². The van der Waals surface area contributed by atoms with Gasteiger partial charge in [-0.05, 0) is 18.2 Å². The summed E-state index contributed by atoms with van der Waals surface area (Å²) in [7, 11) is 0. The maximum Gasteiger partial charge on any atom is 0.335 e. The van der Waals surface area contributed by atoms with Gasteiger partial charge in [-0.25, -0.2) is 9.59 Å². The highest BCUT2D eigenvalue weighted by molar-refractivity contribution is 6.01. The summed E-state index contributed by atoms with van der Waals surface area (Å²) in [6.45, 7) is 0. The highest BCUT2D eigenvalue weighted by atomic mass is 16.4. The molecule has 2 amide bonds. The third kappa shape index (κ3) is 3.37. The van der Waals surface area contributed by atoms with Crippen LogP contribution in [-0.2, 0) is 0 Å². The molecule has 114 valence electrons. The fraction of sp³-hybridized carbons (Fsp3) is 0. The van der Waals surface area contributed by atoms with E-state index in [-0.39, 0.29) is 16.9 Å². The Balaban J connectivity index is 2.10. The Morgan fingerprint density at radius 2 is 1.45 bits per heavy atom. The molecule has 0 atom stereocenters. The number of hydrogen-bond acceptors (Lipinski definition) is 5. The minimum atomic E-state index is -1.13. The first-order chi connectivity index (χ1) is 10.4. The van der Waals surface area contributed by atoms with Crippen LogP contribution >= 0.6 is 0 Å². The molecule has 0 aliphatic heterocycles. The molecular formula is C14H12N2O6. The minimum absolute atomic E-state index is 0.0118. The molecule has 0 radical (unpaired) electrons. The molecule has 0 bridgehead atoms. The first-order valence-electron chi connectivity index (χ1n) is 6.03. The molecule has 0 fully saturated rings. The monoisotopic (exact) mass is 304 g/mol. The minimum Gasteiger partial charge on any atom is -0.504 e. The third-order valence-electron chi connectivity index (χ3n) is 2.69. The zero-order valence-corrected chi connectivity index (χ0v) is 11.1. The second kappa shape index (κ2) is 5.92. The molecule has 6 N–H and O–H groups in total. The number of anilines is 2. The lowest BCUT2D eigenvalue weighted by Crippen LogP contribution is -2.19. The van der Waals surface area contributed by atoms with Gasteiger partial charge in [0, 0.05) is 17.8 Å². The van der Waals surface area contributed by atoms with Crippen LogP contribution in [0.1, 0.15) is 10.4 Å². The van der Waals surface area contributed by atoms with E-state index in [0.29, 0.717) is 0 Å². The fourth-order valence-corrected chi connectivity index (χ4v) is 1.70. The van der Waals surface area contributed by atoms with Crippen molar-refractivity contribution in [3.63, 3.8) is 0 Å². The van der Waals surface area contributed by atoms with Crippen molar-refractivity contribution in [1.82, 2.24) is 0 Å². The normalized spacial score (nSPS) is 10.0. The van der Waals surface area contributed by atoms with Gasteiger partial charge in [0.15, 0.2) is 17.2 Å². The summed E-state index contributed by atoms with van der Waals surface area (Å²) >= 11 is 0. The Labute approximate surface area is 124 Å². The predicted octanol–water partition coefficient (Wildman–Crippen LogP) is 2.15. The number of urea groups is 1. The highest BCUT2D eigenvalue weighted by Crippen LogP contribution is 2.37. The number of carboxylic acid groups (broad SMARTS) is 1. The molecule has 0 saturated carbocycles. The highest BCUT2D eigenvalue weighted by Gasteiger charge is 2.11. The molecule has 0 aromatic heterocycles. The first kappa shape index (κ1) is 15.0. The van der Waals surface area contributed by atoms with Crippen LogP contribution in [0.15, 0.2) is 36.4 Å². The number of benzene rings is 2. The van der Waals surface area contributed by atoms with Crippen molar-refractivity contribution in [1.29, 1.82) is 0 Å². The molecule has 2 aromatic rings. The molecule has 0 saturated heterocycles. The fourth-order valence-electron chi connectivity index (χ4n) is 1.70. The lowest BCUT2D eigenvalue weighted by Gasteiger charge is -2.09. The summed E-state index contributed by atoms with van der Waals surface area (Å²) in [6, 6.07) is 6.99. The maximum absolute atomic E-state index is 11.8. The molecule has 2 rings (SSSR count). The molecule has 0 aliphatic rings. The van der Waals surface area contributed by atoms with E-state index < -0.39 is 29.2 Å². The number of phenols is 3. The Morgan fingerprint density at radius 3 is 2.05 bits per heavy atom. The average Bonchev–Trinajstić information content (AvgIpc) is 2.44. The van der Waals surface area contributed by atoms with E-state index in [1.54, 1.807) is 0 Å². The summed E-state index contributed by atoms with van der Waals surface area (Å²) in [5.74, 6) is -3.01. The van der Waals surface area contributed by atoms with Crippen LogP contribution in [0.3, 0.4) is 0 Å². The zero-order valence-electron chi connectivity index (χ0n) is 11.1. The molecule has 2 aromatic carbocycles. The number of carbonyl (C=O) groups is 2. The Kier molecular flexibility index (Phi) is 4.03. The molecule has 0 heterocycles. The zero-order chi connectivity index (χ0) is 16.3. The van der Waals surface area contributed by atoms with Crippen LogP contribution in [0.2, 0.25) is 0 Å². The summed E-state index contributed by atoms with van der Waals surface area (Å²) in [6.07, 6.45) is 0. The second-order valence-electron chi connectivity index (χ2n) is 4.33. The number of amides is 2. The molecule has 8 heteroatoms. The largest absolute Gasteiger partial charge is 0.504 e. The third-order valence-corrected chi connectivity index (χ3v) is 2.69. The van der Waals surface area contributed by atoms with E-state index in [1.165, 1.54) is 24.3 Å². The quantitative estimate of drug-likeness (QED) is 0.379. The average molecular weight is 304 g/mol. The second-order valence-corrected chi connectivity index (χ2v) is 4.33. The van der Waals surface area contributed by atoms with Crippen LogP contribution in [0.4, 0.5) is 16.2 Å². The summed E-state index contributed by atoms with van der Waals surface area (Å²) < 4.78 is 0. The van der Waals surface area contributed by atoms with Gasteiger partial charge in [-0.2, -0.15) is 0 Å². The van der Waals surface area contributed by atoms with Crippen LogP contribution in [0.5, 0.6) is 17.2 Å². The number of aromatic carboxylic acids is 1. The van der Waals surface area contributed by atoms with Crippen molar-refractivity contribution in [3.8, 4) is 17.2 Å². The van der Waals surface area contributed by atoms with Crippen molar-refractivity contribution in [2.75, 3.05) is 10.6 Å². The van der Waals surface area contributed by atoms with Crippen LogP contribution in [0, 0.1) is 0 Å². The van der Waals surface area contributed by atoms with Crippen molar-refractivity contribution < 1.29 is 30.0 Å². The molecule has 22 heavy (non-hydrogen) atoms. The SMILES string of the molecule is O=C(Nc1cccc(C(=O)O)c1)Nc1cc(O)c(O)c(O)c1. The molecule has 0 unspecified atom stereocenters. The first-order valence-corrected chi connectivity index (χ1v) is 6.03. The smallest absolute Gasteiger partial charge is 0.335 e. The van der Waals surface area contributed by atoms with Crippen molar-refractivity contribution in [3.05, 3.63) is 42.0 Å². The van der Waals surface area contributed by atoms with E-state index in [4.69, 9.17) is 5.11 Å². The lowest BCUT2D eigenvalue weighted by atomic mass is 10.2. The van der Waals surface area contributed by atoms with Gasteiger partial charge in [0.25, 0.3) is 0 Å². The lowest BCUT2D eigenvalue weighted by molar-refractivity contribution is 0.0697. The van der Waals surface area contributed by atoms with E-state index in [0.717, 1.165) is 12.1 Å². The van der Waals surface area contributed by atoms with Gasteiger partial charge in [-0.3, -0.25) is 0 Å². The maximum atomic E-state index is 11.8. The van der Waals surface area contributed by atoms with Crippen LogP contribution in [0.25, 0.3) is 0 Å². The van der Waals surface area contributed by atoms with Crippen molar-refractivity contribution in [2.45, 2.75) is 0 Å². The number of aromatic hydroxyl groups is 3. The van der Waals surface area contributed by atoms with E-state index in [9.17, 15) is 24.9 Å². The van der Waals surface area contributed by atoms with E-state index in [2.05, 4.69) is 10.6 Å². The number of phenolic OH excluding ortho intramolecular Hbond substituents is 3. The van der Waals surface area contributed by atoms with Gasteiger partial charge in [0.05, 0.1) is 11.3 Å². The summed E-state index contributed by atoms with van der Waals surface area (Å²) in [4.78, 5) is 22.6. The van der Waals surface area contributed by atoms with Crippen molar-refractivity contribution in [2.24, 2.45) is 0 Å². The number of nitrogens with one attached hydrogen (secondary N) is 2. The predicted molar refractivity (Wildman–Crippen MR) is 77.5 cm³/mol. The van der Waals surface area contributed by atoms with Gasteiger partial charge < -0.3 is 31.1 Å². The summed E-state index contributed by atoms with van der Waals surface area (Å²) in [5.41, 5.74) is 0.307. The van der Waals surface area contributed by atoms with Gasteiger partial charge in [-0.15, -0.1) is 0 Å². The van der Waals surface area contributed by atoms with Gasteiger partial charge in [-0.1, -0.05) is 6.07 Å². The molecule has 8 nitrogen and oxygen atoms in total. The Bertz CT molecular complexity index is 721.